The lowest BCUT2D eigenvalue weighted by Crippen LogP contribution is -2.55. The van der Waals surface area contributed by atoms with E-state index in [0.29, 0.717) is 62.0 Å². The fourth-order valence-electron chi connectivity index (χ4n) is 6.73. The molecule has 2 N–H and O–H groups in total. The third kappa shape index (κ3) is 4.73. The normalized spacial score (nSPS) is 25.9. The molecule has 9 heteroatoms. The Kier molecular flexibility index (Phi) is 6.73. The second kappa shape index (κ2) is 9.91. The Morgan fingerprint density at radius 2 is 1.83 bits per heavy atom. The number of imide groups is 1. The molecular weight excluding hydrogens is 531 g/mol. The van der Waals surface area contributed by atoms with E-state index < -0.39 is 40.5 Å². The molecule has 1 saturated carbocycles. The van der Waals surface area contributed by atoms with Crippen LogP contribution in [-0.2, 0) is 27.1 Å². The Labute approximate surface area is 236 Å². The number of carbonyl (C=O) groups excluding carboxylic acids is 2. The summed E-state index contributed by atoms with van der Waals surface area (Å²) in [4.78, 5) is 30.5. The number of amides is 2. The van der Waals surface area contributed by atoms with Crippen molar-refractivity contribution in [2.75, 3.05) is 13.1 Å². The van der Waals surface area contributed by atoms with Gasteiger partial charge in [-0.3, -0.25) is 24.8 Å². The molecule has 6 rings (SSSR count). The van der Waals surface area contributed by atoms with Crippen molar-refractivity contribution in [1.82, 2.24) is 15.2 Å². The summed E-state index contributed by atoms with van der Waals surface area (Å²) >= 11 is 0. The first-order valence-corrected chi connectivity index (χ1v) is 14.2. The van der Waals surface area contributed by atoms with E-state index in [1.165, 1.54) is 0 Å². The number of nitrogens with zero attached hydrogens (tertiary/aromatic N) is 2. The van der Waals surface area contributed by atoms with Gasteiger partial charge in [0.25, 0.3) is 0 Å². The molecule has 3 aromatic rings. The summed E-state index contributed by atoms with van der Waals surface area (Å²) in [5.74, 6) is -1.88. The van der Waals surface area contributed by atoms with Crippen molar-refractivity contribution in [1.29, 1.82) is 0 Å². The van der Waals surface area contributed by atoms with Crippen molar-refractivity contribution in [3.05, 3.63) is 76.7 Å². The largest absolute Gasteiger partial charge is 0.384 e. The number of aliphatic hydroxyl groups is 1. The summed E-state index contributed by atoms with van der Waals surface area (Å²) in [5.41, 5.74) is -0.312. The van der Waals surface area contributed by atoms with E-state index >= 15 is 4.39 Å². The van der Waals surface area contributed by atoms with E-state index in [9.17, 15) is 23.5 Å². The summed E-state index contributed by atoms with van der Waals surface area (Å²) in [5, 5.41) is 14.6. The zero-order valence-corrected chi connectivity index (χ0v) is 23.2. The van der Waals surface area contributed by atoms with Crippen LogP contribution >= 0.6 is 0 Å². The van der Waals surface area contributed by atoms with Crippen LogP contribution in [0.1, 0.15) is 74.1 Å². The highest BCUT2D eigenvalue weighted by Crippen LogP contribution is 2.53. The number of benzene rings is 2. The minimum atomic E-state index is -2.36. The standard InChI is InChI=1S/C32H34F3N3O3/c1-30(2)18-38(17-19-3-5-21(6-4-19)31(11-12-31)29(34)35)14-13-32(30,41)24-8-9-25-23(27(24)33)15-20(16-36-25)22-7-10-26(39)37-28(22)40/h3-6,8-9,15-16,22,29,41H,7,10-14,17-18H2,1-2H3,(H,37,39,40)/t22-,32+/m1/s1. The molecule has 3 aliphatic rings. The molecule has 2 aliphatic heterocycles. The van der Waals surface area contributed by atoms with E-state index in [2.05, 4.69) is 15.2 Å². The van der Waals surface area contributed by atoms with Gasteiger partial charge in [-0.15, -0.1) is 0 Å². The number of likely N-dealkylation sites (tertiary alicyclic amines) is 1. The minimum Gasteiger partial charge on any atom is -0.384 e. The molecule has 0 bridgehead atoms. The number of aromatic nitrogens is 1. The summed E-state index contributed by atoms with van der Waals surface area (Å²) in [6.07, 6.45) is 1.07. The average Bonchev–Trinajstić information content (AvgIpc) is 3.74. The van der Waals surface area contributed by atoms with E-state index in [1.807, 2.05) is 38.1 Å². The van der Waals surface area contributed by atoms with E-state index in [1.54, 1.807) is 24.4 Å². The lowest BCUT2D eigenvalue weighted by molar-refractivity contribution is -0.134. The van der Waals surface area contributed by atoms with Crippen LogP contribution in [0.5, 0.6) is 0 Å². The van der Waals surface area contributed by atoms with E-state index in [4.69, 9.17) is 0 Å². The predicted molar refractivity (Wildman–Crippen MR) is 148 cm³/mol. The van der Waals surface area contributed by atoms with Crippen molar-refractivity contribution in [3.63, 3.8) is 0 Å². The number of pyridine rings is 1. The Morgan fingerprint density at radius 3 is 2.46 bits per heavy atom. The first-order valence-electron chi connectivity index (χ1n) is 14.2. The molecule has 2 aromatic carbocycles. The number of piperidine rings is 2. The Morgan fingerprint density at radius 1 is 1.10 bits per heavy atom. The number of fused-ring (bicyclic) bond motifs is 1. The van der Waals surface area contributed by atoms with Crippen LogP contribution in [-0.4, -0.2) is 46.3 Å². The Balaban J connectivity index is 1.22. The first-order chi connectivity index (χ1) is 19.4. The molecule has 0 unspecified atom stereocenters. The van der Waals surface area contributed by atoms with Crippen LogP contribution in [0, 0.1) is 11.2 Å². The topological polar surface area (TPSA) is 82.5 Å². The van der Waals surface area contributed by atoms with Crippen LogP contribution in [0.15, 0.2) is 48.7 Å². The first kappa shape index (κ1) is 27.8. The summed E-state index contributed by atoms with van der Waals surface area (Å²) in [7, 11) is 0. The lowest BCUT2D eigenvalue weighted by atomic mass is 9.66. The van der Waals surface area contributed by atoms with Gasteiger partial charge in [0.2, 0.25) is 18.2 Å². The van der Waals surface area contributed by atoms with Crippen LogP contribution < -0.4 is 5.32 Å². The molecule has 2 atom stereocenters. The predicted octanol–water partition coefficient (Wildman–Crippen LogP) is 5.31. The van der Waals surface area contributed by atoms with Crippen molar-refractivity contribution in [2.24, 2.45) is 5.41 Å². The molecule has 2 saturated heterocycles. The van der Waals surface area contributed by atoms with Gasteiger partial charge in [-0.25, -0.2) is 13.2 Å². The summed E-state index contributed by atoms with van der Waals surface area (Å²) in [6, 6.07) is 12.3. The fourth-order valence-corrected chi connectivity index (χ4v) is 6.73. The number of rotatable bonds is 6. The number of nitrogens with one attached hydrogen (secondary N) is 1. The van der Waals surface area contributed by atoms with Crippen LogP contribution in [0.3, 0.4) is 0 Å². The molecule has 0 spiro atoms. The molecule has 216 valence electrons. The van der Waals surface area contributed by atoms with E-state index in [-0.39, 0.29) is 23.3 Å². The van der Waals surface area contributed by atoms with Crippen molar-refractivity contribution < 1.29 is 27.9 Å². The number of halogens is 3. The monoisotopic (exact) mass is 565 g/mol. The van der Waals surface area contributed by atoms with Gasteiger partial charge in [0.05, 0.1) is 22.5 Å². The van der Waals surface area contributed by atoms with E-state index in [0.717, 1.165) is 5.56 Å². The average molecular weight is 566 g/mol. The highest BCUT2D eigenvalue weighted by atomic mass is 19.3. The molecule has 1 aromatic heterocycles. The molecule has 2 amide bonds. The Bertz CT molecular complexity index is 1520. The van der Waals surface area contributed by atoms with Crippen molar-refractivity contribution >= 4 is 22.7 Å². The Hall–Kier alpha value is -3.30. The molecule has 1 aliphatic carbocycles. The number of hydrogen-bond acceptors (Lipinski definition) is 5. The van der Waals surface area contributed by atoms with Gasteiger partial charge < -0.3 is 5.11 Å². The van der Waals surface area contributed by atoms with Crippen LogP contribution in [0.25, 0.3) is 10.9 Å². The number of carbonyl (C=O) groups is 2. The zero-order chi connectivity index (χ0) is 29.2. The van der Waals surface area contributed by atoms with Gasteiger partial charge >= 0.3 is 0 Å². The van der Waals surface area contributed by atoms with Crippen molar-refractivity contribution in [2.45, 2.75) is 75.9 Å². The maximum atomic E-state index is 16.2. The molecule has 0 radical (unpaired) electrons. The quantitative estimate of drug-likeness (QED) is 0.396. The smallest absolute Gasteiger partial charge is 0.248 e. The maximum Gasteiger partial charge on any atom is 0.248 e. The van der Waals surface area contributed by atoms with Gasteiger partial charge in [0.15, 0.2) is 0 Å². The van der Waals surface area contributed by atoms with Gasteiger partial charge in [-0.2, -0.15) is 0 Å². The molecule has 6 nitrogen and oxygen atoms in total. The fraction of sp³-hybridized carbons (Fsp3) is 0.469. The maximum absolute atomic E-state index is 16.2. The molecule has 41 heavy (non-hydrogen) atoms. The van der Waals surface area contributed by atoms with Gasteiger partial charge in [0, 0.05) is 48.6 Å². The minimum absolute atomic E-state index is 0.197. The molecular formula is C32H34F3N3O3. The number of alkyl halides is 2. The lowest BCUT2D eigenvalue weighted by Gasteiger charge is -2.50. The van der Waals surface area contributed by atoms with Crippen LogP contribution in [0.4, 0.5) is 13.2 Å². The second-order valence-electron chi connectivity index (χ2n) is 12.6. The summed E-state index contributed by atoms with van der Waals surface area (Å²) in [6.45, 7) is 5.46. The summed E-state index contributed by atoms with van der Waals surface area (Å²) < 4.78 is 43.1. The van der Waals surface area contributed by atoms with Crippen molar-refractivity contribution in [3.8, 4) is 0 Å². The number of hydrogen-bond donors (Lipinski definition) is 2. The van der Waals surface area contributed by atoms with Crippen LogP contribution in [0.2, 0.25) is 0 Å². The highest BCUT2D eigenvalue weighted by Gasteiger charge is 2.52. The highest BCUT2D eigenvalue weighted by molar-refractivity contribution is 6.01. The molecule has 3 heterocycles. The second-order valence-corrected chi connectivity index (χ2v) is 12.6. The van der Waals surface area contributed by atoms with Gasteiger partial charge in [-0.1, -0.05) is 44.2 Å². The SMILES string of the molecule is CC1(C)CN(Cc2ccc(C3(C(F)F)CC3)cc2)CC[C@]1(O)c1ccc2ncc([C@H]3CCC(=O)NC3=O)cc2c1F. The third-order valence-electron chi connectivity index (χ3n) is 9.58. The molecule has 3 fully saturated rings. The zero-order valence-electron chi connectivity index (χ0n) is 23.2. The van der Waals surface area contributed by atoms with Gasteiger partial charge in [-0.05, 0) is 54.5 Å². The van der Waals surface area contributed by atoms with Gasteiger partial charge in [0.1, 0.15) is 5.82 Å². The third-order valence-corrected chi connectivity index (χ3v) is 9.58.